The number of aliphatic imine (C=N–C) groups is 1. The standard InChI is InChI=1S/C21H24N6S/c1-3-23-20(22-2)26-21-25-18(14-28-21)17-10-7-11-19(24-17)27-12-16(13-27)15-8-5-4-6-9-15/h4-11,14,16H,3,12-13H2,1-2H3,(H2,22,23,25,26). The van der Waals surface area contributed by atoms with E-state index >= 15 is 0 Å². The Labute approximate surface area is 169 Å². The van der Waals surface area contributed by atoms with E-state index in [1.165, 1.54) is 5.56 Å². The molecule has 4 rings (SSSR count). The molecule has 3 heterocycles. The van der Waals surface area contributed by atoms with Crippen LogP contribution >= 0.6 is 11.3 Å². The zero-order chi connectivity index (χ0) is 19.3. The summed E-state index contributed by atoms with van der Waals surface area (Å²) in [6, 6.07) is 16.8. The van der Waals surface area contributed by atoms with Crippen molar-refractivity contribution < 1.29 is 0 Å². The molecule has 0 saturated carbocycles. The minimum atomic E-state index is 0.583. The molecular formula is C21H24N6S. The van der Waals surface area contributed by atoms with E-state index in [4.69, 9.17) is 4.98 Å². The quantitative estimate of drug-likeness (QED) is 0.510. The number of guanidine groups is 1. The van der Waals surface area contributed by atoms with E-state index in [0.29, 0.717) is 5.92 Å². The summed E-state index contributed by atoms with van der Waals surface area (Å²) in [7, 11) is 1.75. The topological polar surface area (TPSA) is 65.4 Å². The lowest BCUT2D eigenvalue weighted by Crippen LogP contribution is -2.45. The highest BCUT2D eigenvalue weighted by atomic mass is 32.1. The highest BCUT2D eigenvalue weighted by Crippen LogP contribution is 2.32. The smallest absolute Gasteiger partial charge is 0.197 e. The third kappa shape index (κ3) is 3.99. The van der Waals surface area contributed by atoms with Crippen LogP contribution in [0.5, 0.6) is 0 Å². The van der Waals surface area contributed by atoms with Crippen molar-refractivity contribution in [2.75, 3.05) is 36.9 Å². The molecule has 2 N–H and O–H groups in total. The molecule has 144 valence electrons. The predicted octanol–water partition coefficient (Wildman–Crippen LogP) is 3.82. The van der Waals surface area contributed by atoms with Crippen molar-refractivity contribution in [3.05, 3.63) is 59.5 Å². The second kappa shape index (κ2) is 8.39. The number of anilines is 2. The molecule has 1 aromatic carbocycles. The van der Waals surface area contributed by atoms with Gasteiger partial charge in [-0.3, -0.25) is 4.99 Å². The summed E-state index contributed by atoms with van der Waals surface area (Å²) < 4.78 is 0. The average molecular weight is 393 g/mol. The van der Waals surface area contributed by atoms with Gasteiger partial charge in [0.1, 0.15) is 11.5 Å². The maximum absolute atomic E-state index is 4.84. The first-order chi connectivity index (χ1) is 13.8. The Bertz CT molecular complexity index is 946. The molecule has 1 aliphatic rings. The lowest BCUT2D eigenvalue weighted by molar-refractivity contribution is 0.520. The molecule has 0 amide bonds. The minimum Gasteiger partial charge on any atom is -0.356 e. The zero-order valence-corrected chi connectivity index (χ0v) is 16.9. The van der Waals surface area contributed by atoms with Gasteiger partial charge in [-0.05, 0) is 24.6 Å². The number of pyridine rings is 1. The number of hydrogen-bond acceptors (Lipinski definition) is 5. The van der Waals surface area contributed by atoms with Crippen molar-refractivity contribution in [3.8, 4) is 11.4 Å². The summed E-state index contributed by atoms with van der Waals surface area (Å²) in [5.74, 6) is 2.31. The lowest BCUT2D eigenvalue weighted by Gasteiger charge is -2.40. The van der Waals surface area contributed by atoms with Crippen molar-refractivity contribution in [3.63, 3.8) is 0 Å². The number of rotatable bonds is 5. The van der Waals surface area contributed by atoms with Crippen molar-refractivity contribution in [1.82, 2.24) is 15.3 Å². The van der Waals surface area contributed by atoms with Crippen LogP contribution in [0.1, 0.15) is 18.4 Å². The fourth-order valence-corrected chi connectivity index (χ4v) is 3.94. The molecule has 0 bridgehead atoms. The number of nitrogens with zero attached hydrogens (tertiary/aromatic N) is 4. The molecule has 7 heteroatoms. The van der Waals surface area contributed by atoms with Gasteiger partial charge in [-0.2, -0.15) is 0 Å². The van der Waals surface area contributed by atoms with Crippen LogP contribution in [0.4, 0.5) is 10.9 Å². The second-order valence-corrected chi connectivity index (χ2v) is 7.52. The van der Waals surface area contributed by atoms with E-state index < -0.39 is 0 Å². The second-order valence-electron chi connectivity index (χ2n) is 6.66. The minimum absolute atomic E-state index is 0.583. The largest absolute Gasteiger partial charge is 0.356 e. The first-order valence-corrected chi connectivity index (χ1v) is 10.3. The maximum atomic E-state index is 4.84. The molecule has 0 spiro atoms. The van der Waals surface area contributed by atoms with E-state index in [1.54, 1.807) is 18.4 Å². The molecule has 1 fully saturated rings. The summed E-state index contributed by atoms with van der Waals surface area (Å²) in [6.07, 6.45) is 0. The Kier molecular flexibility index (Phi) is 5.53. The summed E-state index contributed by atoms with van der Waals surface area (Å²) in [4.78, 5) is 16.0. The SMILES string of the molecule is CCNC(=NC)Nc1nc(-c2cccc(N3CC(c4ccccc4)C3)n2)cs1. The highest BCUT2D eigenvalue weighted by molar-refractivity contribution is 7.14. The predicted molar refractivity (Wildman–Crippen MR) is 117 cm³/mol. The third-order valence-electron chi connectivity index (χ3n) is 4.77. The molecule has 1 aliphatic heterocycles. The number of thiazole rings is 1. The number of aromatic nitrogens is 2. The first kappa shape index (κ1) is 18.4. The van der Waals surface area contributed by atoms with Crippen molar-refractivity contribution in [1.29, 1.82) is 0 Å². The van der Waals surface area contributed by atoms with Crippen LogP contribution in [0.2, 0.25) is 0 Å². The Morgan fingerprint density at radius 1 is 1.11 bits per heavy atom. The normalized spacial score (nSPS) is 14.6. The molecule has 6 nitrogen and oxygen atoms in total. The Morgan fingerprint density at radius 3 is 2.68 bits per heavy atom. The molecular weight excluding hydrogens is 368 g/mol. The molecule has 0 aliphatic carbocycles. The van der Waals surface area contributed by atoms with Crippen LogP contribution in [0.25, 0.3) is 11.4 Å². The molecule has 2 aromatic heterocycles. The van der Waals surface area contributed by atoms with Crippen LogP contribution in [0, 0.1) is 0 Å². The van der Waals surface area contributed by atoms with E-state index in [9.17, 15) is 0 Å². The van der Waals surface area contributed by atoms with Crippen molar-refractivity contribution in [2.45, 2.75) is 12.8 Å². The van der Waals surface area contributed by atoms with E-state index in [0.717, 1.165) is 47.9 Å². The number of hydrogen-bond donors (Lipinski definition) is 2. The van der Waals surface area contributed by atoms with Crippen LogP contribution in [0.3, 0.4) is 0 Å². The van der Waals surface area contributed by atoms with Gasteiger partial charge < -0.3 is 15.5 Å². The fraction of sp³-hybridized carbons (Fsp3) is 0.286. The van der Waals surface area contributed by atoms with Crippen LogP contribution < -0.4 is 15.5 Å². The highest BCUT2D eigenvalue weighted by Gasteiger charge is 2.29. The summed E-state index contributed by atoms with van der Waals surface area (Å²) in [6.45, 7) is 4.85. The molecule has 28 heavy (non-hydrogen) atoms. The van der Waals surface area contributed by atoms with Gasteiger partial charge in [0, 0.05) is 38.0 Å². The summed E-state index contributed by atoms with van der Waals surface area (Å²) >= 11 is 1.55. The Hall–Kier alpha value is -2.93. The van der Waals surface area contributed by atoms with E-state index in [2.05, 4.69) is 68.0 Å². The van der Waals surface area contributed by atoms with Crippen LogP contribution in [-0.4, -0.2) is 42.6 Å². The molecule has 0 radical (unpaired) electrons. The monoisotopic (exact) mass is 392 g/mol. The van der Waals surface area contributed by atoms with E-state index in [-0.39, 0.29) is 0 Å². The van der Waals surface area contributed by atoms with Crippen LogP contribution in [-0.2, 0) is 0 Å². The van der Waals surface area contributed by atoms with Crippen LogP contribution in [0.15, 0.2) is 58.9 Å². The lowest BCUT2D eigenvalue weighted by atomic mass is 9.91. The summed E-state index contributed by atoms with van der Waals surface area (Å²) in [5.41, 5.74) is 3.17. The van der Waals surface area contributed by atoms with Crippen molar-refractivity contribution in [2.24, 2.45) is 4.99 Å². The third-order valence-corrected chi connectivity index (χ3v) is 5.53. The fourth-order valence-electron chi connectivity index (χ4n) is 3.24. The average Bonchev–Trinajstić information content (AvgIpc) is 3.16. The molecule has 0 atom stereocenters. The maximum Gasteiger partial charge on any atom is 0.197 e. The molecule has 0 unspecified atom stereocenters. The zero-order valence-electron chi connectivity index (χ0n) is 16.1. The number of nitrogens with one attached hydrogen (secondary N) is 2. The van der Waals surface area contributed by atoms with Gasteiger partial charge in [-0.25, -0.2) is 9.97 Å². The van der Waals surface area contributed by atoms with Gasteiger partial charge in [-0.15, -0.1) is 11.3 Å². The number of benzene rings is 1. The van der Waals surface area contributed by atoms with Gasteiger partial charge >= 0.3 is 0 Å². The van der Waals surface area contributed by atoms with Gasteiger partial charge in [-0.1, -0.05) is 36.4 Å². The molecule has 3 aromatic rings. The van der Waals surface area contributed by atoms with Gasteiger partial charge in [0.2, 0.25) is 0 Å². The first-order valence-electron chi connectivity index (χ1n) is 9.47. The van der Waals surface area contributed by atoms with Gasteiger partial charge in [0.05, 0.1) is 5.69 Å². The Balaban J connectivity index is 1.44. The Morgan fingerprint density at radius 2 is 1.93 bits per heavy atom. The van der Waals surface area contributed by atoms with Gasteiger partial charge in [0.15, 0.2) is 11.1 Å². The summed E-state index contributed by atoms with van der Waals surface area (Å²) in [5, 5.41) is 9.21. The van der Waals surface area contributed by atoms with E-state index in [1.807, 2.05) is 18.4 Å². The van der Waals surface area contributed by atoms with Gasteiger partial charge in [0.25, 0.3) is 0 Å². The molecule has 1 saturated heterocycles. The van der Waals surface area contributed by atoms with Crippen molar-refractivity contribution >= 4 is 28.2 Å².